The Balaban J connectivity index is 1.49. The molecule has 2 fully saturated rings. The van der Waals surface area contributed by atoms with Crippen LogP contribution in [0.1, 0.15) is 35.3 Å². The summed E-state index contributed by atoms with van der Waals surface area (Å²) < 4.78 is 35.3. The van der Waals surface area contributed by atoms with Gasteiger partial charge in [-0.25, -0.2) is 13.2 Å². The lowest BCUT2D eigenvalue weighted by Gasteiger charge is -2.36. The molecule has 2 aliphatic heterocycles. The molecule has 202 valence electrons. The van der Waals surface area contributed by atoms with Crippen LogP contribution in [0.4, 0.5) is 10.5 Å². The number of piperazine rings is 2. The second kappa shape index (κ2) is 11.1. The summed E-state index contributed by atoms with van der Waals surface area (Å²) in [5.41, 5.74) is 3.58. The van der Waals surface area contributed by atoms with Crippen LogP contribution >= 0.6 is 0 Å². The van der Waals surface area contributed by atoms with Gasteiger partial charge in [0.05, 0.1) is 12.2 Å². The Morgan fingerprint density at radius 2 is 1.59 bits per heavy atom. The fourth-order valence-electron chi connectivity index (χ4n) is 4.75. The lowest BCUT2D eigenvalue weighted by molar-refractivity contribution is 0.0567. The van der Waals surface area contributed by atoms with E-state index in [1.165, 1.54) is 26.3 Å². The Kier molecular flexibility index (Phi) is 8.08. The van der Waals surface area contributed by atoms with Crippen molar-refractivity contribution >= 4 is 27.7 Å². The zero-order valence-corrected chi connectivity index (χ0v) is 22.8. The Morgan fingerprint density at radius 1 is 0.946 bits per heavy atom. The lowest BCUT2D eigenvalue weighted by Crippen LogP contribution is -2.51. The van der Waals surface area contributed by atoms with E-state index in [1.807, 2.05) is 13.0 Å². The van der Waals surface area contributed by atoms with E-state index in [0.29, 0.717) is 58.9 Å². The number of aromatic nitrogens is 2. The smallest absolute Gasteiger partial charge is 0.409 e. The highest BCUT2D eigenvalue weighted by Gasteiger charge is 2.37. The fraction of sp³-hybridized carbons (Fsp3) is 0.560. The van der Waals surface area contributed by atoms with Crippen molar-refractivity contribution in [2.75, 3.05) is 63.9 Å². The number of carbonyl (C=O) groups excluding carboxylic acids is 2. The van der Waals surface area contributed by atoms with Crippen molar-refractivity contribution in [3.63, 3.8) is 0 Å². The van der Waals surface area contributed by atoms with E-state index in [9.17, 15) is 18.0 Å². The maximum atomic E-state index is 13.7. The molecule has 0 aliphatic carbocycles. The second-order valence-electron chi connectivity index (χ2n) is 9.29. The van der Waals surface area contributed by atoms with Gasteiger partial charge in [0.25, 0.3) is 15.9 Å². The standard InChI is InChI=1S/C25H36N6O5S/c1-5-30-18-21(24(32)28-10-12-29(13-11-28)25(33)36-6-2)23(26-30)37(34,35)31-16-14-27(15-17-31)22-9-7-8-19(3)20(22)4/h7-9,18H,5-6,10-17H2,1-4H3. The van der Waals surface area contributed by atoms with Gasteiger partial charge in [0, 0.05) is 70.8 Å². The first-order valence-corrected chi connectivity index (χ1v) is 14.2. The Labute approximate surface area is 218 Å². The van der Waals surface area contributed by atoms with Crippen molar-refractivity contribution in [3.05, 3.63) is 41.1 Å². The van der Waals surface area contributed by atoms with Crippen molar-refractivity contribution in [3.8, 4) is 0 Å². The molecule has 2 saturated heterocycles. The summed E-state index contributed by atoms with van der Waals surface area (Å²) in [6.45, 7) is 11.4. The molecule has 1 aromatic carbocycles. The largest absolute Gasteiger partial charge is 0.450 e. The van der Waals surface area contributed by atoms with Crippen LogP contribution < -0.4 is 4.90 Å². The van der Waals surface area contributed by atoms with Crippen molar-refractivity contribution in [2.45, 2.75) is 39.3 Å². The molecule has 0 saturated carbocycles. The van der Waals surface area contributed by atoms with Gasteiger partial charge < -0.3 is 19.4 Å². The number of nitrogens with zero attached hydrogens (tertiary/aromatic N) is 6. The SMILES string of the molecule is CCOC(=O)N1CCN(C(=O)c2cn(CC)nc2S(=O)(=O)N2CCN(c3cccc(C)c3C)CC2)CC1. The van der Waals surface area contributed by atoms with Crippen molar-refractivity contribution < 1.29 is 22.7 Å². The molecule has 0 N–H and O–H groups in total. The molecule has 37 heavy (non-hydrogen) atoms. The molecule has 2 aromatic rings. The maximum Gasteiger partial charge on any atom is 0.409 e. The number of aryl methyl sites for hydroxylation is 2. The number of amides is 2. The second-order valence-corrected chi connectivity index (χ2v) is 11.1. The monoisotopic (exact) mass is 532 g/mol. The quantitative estimate of drug-likeness (QED) is 0.560. The summed E-state index contributed by atoms with van der Waals surface area (Å²) in [5.74, 6) is -0.393. The fourth-order valence-corrected chi connectivity index (χ4v) is 6.26. The Hall–Kier alpha value is -3.12. The highest BCUT2D eigenvalue weighted by molar-refractivity contribution is 7.89. The number of benzene rings is 1. The molecule has 4 rings (SSSR count). The van der Waals surface area contributed by atoms with E-state index in [-0.39, 0.29) is 17.2 Å². The van der Waals surface area contributed by atoms with Crippen LogP contribution in [0.3, 0.4) is 0 Å². The summed E-state index contributed by atoms with van der Waals surface area (Å²) in [7, 11) is -3.98. The van der Waals surface area contributed by atoms with Crippen LogP contribution in [0.5, 0.6) is 0 Å². The molecule has 2 amide bonds. The first-order chi connectivity index (χ1) is 17.7. The summed E-state index contributed by atoms with van der Waals surface area (Å²) in [4.78, 5) is 30.8. The van der Waals surface area contributed by atoms with Gasteiger partial charge in [0.1, 0.15) is 0 Å². The average molecular weight is 533 g/mol. The van der Waals surface area contributed by atoms with Crippen molar-refractivity contribution in [1.82, 2.24) is 23.9 Å². The van der Waals surface area contributed by atoms with Crippen molar-refractivity contribution in [1.29, 1.82) is 0 Å². The number of ether oxygens (including phenoxy) is 1. The molecule has 1 aromatic heterocycles. The van der Waals surface area contributed by atoms with Gasteiger partial charge in [-0.3, -0.25) is 9.48 Å². The normalized spacial score (nSPS) is 17.2. The predicted octanol–water partition coefficient (Wildman–Crippen LogP) is 1.95. The molecule has 11 nitrogen and oxygen atoms in total. The molecule has 2 aliphatic rings. The zero-order valence-electron chi connectivity index (χ0n) is 22.0. The van der Waals surface area contributed by atoms with E-state index in [2.05, 4.69) is 36.0 Å². The average Bonchev–Trinajstić information content (AvgIpc) is 3.36. The minimum Gasteiger partial charge on any atom is -0.450 e. The van der Waals surface area contributed by atoms with E-state index in [4.69, 9.17) is 4.74 Å². The first kappa shape index (κ1) is 26.9. The molecular weight excluding hydrogens is 496 g/mol. The zero-order chi connectivity index (χ0) is 26.7. The summed E-state index contributed by atoms with van der Waals surface area (Å²) in [5, 5.41) is 4.10. The summed E-state index contributed by atoms with van der Waals surface area (Å²) in [6, 6.07) is 6.15. The third-order valence-corrected chi connectivity index (χ3v) is 8.95. The van der Waals surface area contributed by atoms with Gasteiger partial charge in [-0.1, -0.05) is 12.1 Å². The topological polar surface area (TPSA) is 108 Å². The number of carbonyl (C=O) groups is 2. The first-order valence-electron chi connectivity index (χ1n) is 12.8. The number of rotatable bonds is 6. The number of anilines is 1. The van der Waals surface area contributed by atoms with Crippen LogP contribution in [-0.4, -0.2) is 103 Å². The van der Waals surface area contributed by atoms with Gasteiger partial charge in [0.2, 0.25) is 5.03 Å². The minimum atomic E-state index is -3.98. The van der Waals surface area contributed by atoms with E-state index < -0.39 is 22.0 Å². The molecular formula is C25H36N6O5S. The lowest BCUT2D eigenvalue weighted by atomic mass is 10.1. The number of hydrogen-bond donors (Lipinski definition) is 0. The minimum absolute atomic E-state index is 0.0726. The number of hydrogen-bond acceptors (Lipinski definition) is 7. The van der Waals surface area contributed by atoms with E-state index in [0.717, 1.165) is 5.69 Å². The van der Waals surface area contributed by atoms with Crippen molar-refractivity contribution in [2.24, 2.45) is 0 Å². The predicted molar refractivity (Wildman–Crippen MR) is 139 cm³/mol. The molecule has 0 radical (unpaired) electrons. The van der Waals surface area contributed by atoms with Gasteiger partial charge in [0.15, 0.2) is 0 Å². The molecule has 12 heteroatoms. The van der Waals surface area contributed by atoms with Crippen LogP contribution in [0.25, 0.3) is 0 Å². The van der Waals surface area contributed by atoms with Gasteiger partial charge in [-0.05, 0) is 44.9 Å². The molecule has 0 bridgehead atoms. The molecule has 0 spiro atoms. The van der Waals surface area contributed by atoms with E-state index in [1.54, 1.807) is 16.7 Å². The highest BCUT2D eigenvalue weighted by atomic mass is 32.2. The van der Waals surface area contributed by atoms with Crippen LogP contribution in [0, 0.1) is 13.8 Å². The molecule has 0 unspecified atom stereocenters. The molecule has 3 heterocycles. The summed E-state index contributed by atoms with van der Waals surface area (Å²) >= 11 is 0. The Bertz CT molecular complexity index is 1240. The maximum absolute atomic E-state index is 13.7. The third-order valence-electron chi connectivity index (χ3n) is 7.11. The highest BCUT2D eigenvalue weighted by Crippen LogP contribution is 2.27. The van der Waals surface area contributed by atoms with Crippen LogP contribution in [0.2, 0.25) is 0 Å². The van der Waals surface area contributed by atoms with Crippen LogP contribution in [-0.2, 0) is 21.3 Å². The van der Waals surface area contributed by atoms with Gasteiger partial charge in [-0.2, -0.15) is 9.40 Å². The number of sulfonamides is 1. The Morgan fingerprint density at radius 3 is 2.22 bits per heavy atom. The van der Waals surface area contributed by atoms with Gasteiger partial charge >= 0.3 is 6.09 Å². The summed E-state index contributed by atoms with van der Waals surface area (Å²) in [6.07, 6.45) is 1.11. The molecule has 0 atom stereocenters. The third kappa shape index (κ3) is 5.45. The van der Waals surface area contributed by atoms with E-state index >= 15 is 0 Å². The van der Waals surface area contributed by atoms with Gasteiger partial charge in [-0.15, -0.1) is 0 Å². The van der Waals surface area contributed by atoms with Crippen LogP contribution in [0.15, 0.2) is 29.4 Å².